The van der Waals surface area contributed by atoms with E-state index >= 15 is 0 Å². The van der Waals surface area contributed by atoms with Crippen LogP contribution >= 0.6 is 11.6 Å². The number of carbonyl (C=O) groups is 1. The summed E-state index contributed by atoms with van der Waals surface area (Å²) in [4.78, 5) is 14.7. The van der Waals surface area contributed by atoms with Crippen LogP contribution in [0.25, 0.3) is 0 Å². The Balaban J connectivity index is 1.97. The maximum Gasteiger partial charge on any atom is 0.220 e. The third kappa shape index (κ3) is 6.56. The van der Waals surface area contributed by atoms with Crippen molar-refractivity contribution in [2.45, 2.75) is 32.7 Å². The average Bonchev–Trinajstić information content (AvgIpc) is 2.70. The molecule has 0 aromatic heterocycles. The molecule has 0 unspecified atom stereocenters. The summed E-state index contributed by atoms with van der Waals surface area (Å²) < 4.78 is 5.36. The number of rotatable bonds is 10. The van der Waals surface area contributed by atoms with E-state index in [1.54, 1.807) is 7.11 Å². The summed E-state index contributed by atoms with van der Waals surface area (Å²) in [5, 5.41) is 3.81. The minimum atomic E-state index is 0.0602. The van der Waals surface area contributed by atoms with Gasteiger partial charge in [0, 0.05) is 18.0 Å². The highest BCUT2D eigenvalue weighted by Crippen LogP contribution is 2.24. The van der Waals surface area contributed by atoms with Gasteiger partial charge in [-0.3, -0.25) is 9.69 Å². The molecule has 0 aliphatic heterocycles. The lowest BCUT2D eigenvalue weighted by Crippen LogP contribution is -2.38. The van der Waals surface area contributed by atoms with Gasteiger partial charge < -0.3 is 10.1 Å². The number of likely N-dealkylation sites (N-methyl/N-ethyl adjacent to an activating group) is 1. The maximum atomic E-state index is 12.4. The number of benzene rings is 2. The predicted octanol–water partition coefficient (Wildman–Crippen LogP) is 4.48. The number of hydrogen-bond acceptors (Lipinski definition) is 3. The van der Waals surface area contributed by atoms with Crippen molar-refractivity contribution in [3.05, 3.63) is 64.7 Å². The SMILES string of the molecule is CCN(CC)[C@H](CNC(=O)CCc1ccc(Cl)cc1)c1cccc(OC)c1. The molecule has 1 N–H and O–H groups in total. The van der Waals surface area contributed by atoms with Gasteiger partial charge in [0.25, 0.3) is 0 Å². The fourth-order valence-corrected chi connectivity index (χ4v) is 3.30. The van der Waals surface area contributed by atoms with Crippen LogP contribution in [0.4, 0.5) is 0 Å². The first kappa shape index (κ1) is 21.3. The molecule has 0 aliphatic carbocycles. The minimum absolute atomic E-state index is 0.0602. The topological polar surface area (TPSA) is 41.6 Å². The summed E-state index contributed by atoms with van der Waals surface area (Å²) in [6, 6.07) is 15.8. The van der Waals surface area contributed by atoms with E-state index in [4.69, 9.17) is 16.3 Å². The molecule has 0 radical (unpaired) electrons. The van der Waals surface area contributed by atoms with E-state index in [0.29, 0.717) is 24.4 Å². The molecular weight excluding hydrogens is 360 g/mol. The highest BCUT2D eigenvalue weighted by molar-refractivity contribution is 6.30. The molecule has 2 aromatic rings. The van der Waals surface area contributed by atoms with E-state index in [1.165, 1.54) is 0 Å². The molecule has 0 fully saturated rings. The predicted molar refractivity (Wildman–Crippen MR) is 111 cm³/mol. The molecule has 1 atom stereocenters. The van der Waals surface area contributed by atoms with Crippen molar-refractivity contribution < 1.29 is 9.53 Å². The van der Waals surface area contributed by atoms with E-state index in [9.17, 15) is 4.79 Å². The third-order valence-corrected chi connectivity index (χ3v) is 5.03. The molecule has 5 heteroatoms. The molecule has 0 bridgehead atoms. The third-order valence-electron chi connectivity index (χ3n) is 4.78. The number of nitrogens with zero attached hydrogens (tertiary/aromatic N) is 1. The summed E-state index contributed by atoms with van der Waals surface area (Å²) >= 11 is 5.90. The zero-order valence-corrected chi connectivity index (χ0v) is 17.1. The summed E-state index contributed by atoms with van der Waals surface area (Å²) in [7, 11) is 1.67. The van der Waals surface area contributed by atoms with Crippen LogP contribution in [0.5, 0.6) is 5.75 Å². The van der Waals surface area contributed by atoms with Gasteiger partial charge in [0.2, 0.25) is 5.91 Å². The van der Waals surface area contributed by atoms with Crippen LogP contribution in [0, 0.1) is 0 Å². The second-order valence-electron chi connectivity index (χ2n) is 6.44. The summed E-state index contributed by atoms with van der Waals surface area (Å²) in [5.41, 5.74) is 2.26. The molecule has 0 heterocycles. The normalized spacial score (nSPS) is 12.0. The zero-order chi connectivity index (χ0) is 19.6. The quantitative estimate of drug-likeness (QED) is 0.652. The number of carbonyl (C=O) groups excluding carboxylic acids is 1. The van der Waals surface area contributed by atoms with Gasteiger partial charge in [0.1, 0.15) is 5.75 Å². The monoisotopic (exact) mass is 388 g/mol. The van der Waals surface area contributed by atoms with E-state index in [2.05, 4.69) is 30.1 Å². The Morgan fingerprint density at radius 1 is 1.15 bits per heavy atom. The Morgan fingerprint density at radius 2 is 1.85 bits per heavy atom. The molecule has 0 aliphatic rings. The van der Waals surface area contributed by atoms with Gasteiger partial charge in [-0.15, -0.1) is 0 Å². The highest BCUT2D eigenvalue weighted by atomic mass is 35.5. The van der Waals surface area contributed by atoms with Crippen LogP contribution in [-0.2, 0) is 11.2 Å². The molecule has 1 amide bonds. The lowest BCUT2D eigenvalue weighted by Gasteiger charge is -2.30. The molecule has 0 saturated carbocycles. The van der Waals surface area contributed by atoms with E-state index in [1.807, 2.05) is 42.5 Å². The van der Waals surface area contributed by atoms with Crippen LogP contribution < -0.4 is 10.1 Å². The van der Waals surface area contributed by atoms with Crippen molar-refractivity contribution in [2.24, 2.45) is 0 Å². The van der Waals surface area contributed by atoms with Crippen LogP contribution in [-0.4, -0.2) is 37.6 Å². The Morgan fingerprint density at radius 3 is 2.48 bits per heavy atom. The molecule has 0 saturated heterocycles. The van der Waals surface area contributed by atoms with Crippen LogP contribution in [0.15, 0.2) is 48.5 Å². The molecule has 146 valence electrons. The van der Waals surface area contributed by atoms with Crippen molar-refractivity contribution in [2.75, 3.05) is 26.7 Å². The average molecular weight is 389 g/mol. The number of halogens is 1. The van der Waals surface area contributed by atoms with E-state index < -0.39 is 0 Å². The first-order chi connectivity index (χ1) is 13.1. The molecule has 4 nitrogen and oxygen atoms in total. The molecule has 2 rings (SSSR count). The second kappa shape index (κ2) is 11.0. The standard InChI is InChI=1S/C22H29ClN2O2/c1-4-25(5-2)21(18-7-6-8-20(15-18)27-3)16-24-22(26)14-11-17-9-12-19(23)13-10-17/h6-10,12-13,15,21H,4-5,11,14,16H2,1-3H3,(H,24,26)/t21-/m1/s1. The van der Waals surface area contributed by atoms with E-state index in [-0.39, 0.29) is 11.9 Å². The number of methoxy groups -OCH3 is 1. The second-order valence-corrected chi connectivity index (χ2v) is 6.88. The van der Waals surface area contributed by atoms with Gasteiger partial charge in [-0.2, -0.15) is 0 Å². The van der Waals surface area contributed by atoms with Gasteiger partial charge in [-0.05, 0) is 54.9 Å². The van der Waals surface area contributed by atoms with Crippen LogP contribution in [0.1, 0.15) is 37.4 Å². The van der Waals surface area contributed by atoms with E-state index in [0.717, 1.165) is 30.0 Å². The Hall–Kier alpha value is -2.04. The lowest BCUT2D eigenvalue weighted by molar-refractivity contribution is -0.121. The van der Waals surface area contributed by atoms with Crippen molar-refractivity contribution >= 4 is 17.5 Å². The number of aryl methyl sites for hydroxylation is 1. The fourth-order valence-electron chi connectivity index (χ4n) is 3.18. The zero-order valence-electron chi connectivity index (χ0n) is 16.4. The van der Waals surface area contributed by atoms with Crippen molar-refractivity contribution in [1.29, 1.82) is 0 Å². The van der Waals surface area contributed by atoms with Crippen LogP contribution in [0.3, 0.4) is 0 Å². The number of amides is 1. The Labute approximate surface area is 167 Å². The smallest absolute Gasteiger partial charge is 0.220 e. The summed E-state index contributed by atoms with van der Waals surface area (Å²) in [6.07, 6.45) is 1.17. The molecular formula is C22H29ClN2O2. The number of ether oxygens (including phenoxy) is 1. The van der Waals surface area contributed by atoms with Crippen molar-refractivity contribution in [3.63, 3.8) is 0 Å². The first-order valence-corrected chi connectivity index (χ1v) is 9.84. The van der Waals surface area contributed by atoms with Gasteiger partial charge in [-0.1, -0.05) is 49.7 Å². The van der Waals surface area contributed by atoms with Crippen molar-refractivity contribution in [3.8, 4) is 5.75 Å². The largest absolute Gasteiger partial charge is 0.497 e. The first-order valence-electron chi connectivity index (χ1n) is 9.46. The lowest BCUT2D eigenvalue weighted by atomic mass is 10.0. The Kier molecular flexibility index (Phi) is 8.62. The summed E-state index contributed by atoms with van der Waals surface area (Å²) in [6.45, 7) is 6.68. The fraction of sp³-hybridized carbons (Fsp3) is 0.409. The Bertz CT molecular complexity index is 715. The van der Waals surface area contributed by atoms with Gasteiger partial charge in [0.05, 0.1) is 13.2 Å². The van der Waals surface area contributed by atoms with Gasteiger partial charge in [0.15, 0.2) is 0 Å². The molecule has 2 aromatic carbocycles. The maximum absolute atomic E-state index is 12.4. The highest BCUT2D eigenvalue weighted by Gasteiger charge is 2.19. The number of nitrogens with one attached hydrogen (secondary N) is 1. The minimum Gasteiger partial charge on any atom is -0.497 e. The summed E-state index contributed by atoms with van der Waals surface area (Å²) in [5.74, 6) is 0.892. The number of hydrogen-bond donors (Lipinski definition) is 1. The van der Waals surface area contributed by atoms with Gasteiger partial charge >= 0.3 is 0 Å². The molecule has 27 heavy (non-hydrogen) atoms. The van der Waals surface area contributed by atoms with Crippen molar-refractivity contribution in [1.82, 2.24) is 10.2 Å². The van der Waals surface area contributed by atoms with Gasteiger partial charge in [-0.25, -0.2) is 0 Å². The van der Waals surface area contributed by atoms with Crippen LogP contribution in [0.2, 0.25) is 5.02 Å². The molecule has 0 spiro atoms.